The summed E-state index contributed by atoms with van der Waals surface area (Å²) in [6.07, 6.45) is 8.03. The van der Waals surface area contributed by atoms with E-state index >= 15 is 0 Å². The Labute approximate surface area is 115 Å². The van der Waals surface area contributed by atoms with Crippen molar-refractivity contribution in [1.29, 1.82) is 0 Å². The highest BCUT2D eigenvalue weighted by Gasteiger charge is 2.26. The summed E-state index contributed by atoms with van der Waals surface area (Å²) < 4.78 is 27.2. The first kappa shape index (κ1) is 14.5. The van der Waals surface area contributed by atoms with E-state index in [9.17, 15) is 8.42 Å². The van der Waals surface area contributed by atoms with Crippen LogP contribution < -0.4 is 4.72 Å². The molecule has 0 amide bonds. The van der Waals surface area contributed by atoms with Gasteiger partial charge in [0.25, 0.3) is 10.0 Å². The average Bonchev–Trinajstić information content (AvgIpc) is 2.89. The molecule has 2 N–H and O–H groups in total. The normalized spacial score (nSPS) is 19.5. The van der Waals surface area contributed by atoms with E-state index in [0.29, 0.717) is 18.2 Å². The van der Waals surface area contributed by atoms with Crippen LogP contribution in [0.1, 0.15) is 51.8 Å². The Morgan fingerprint density at radius 2 is 2.11 bits per heavy atom. The van der Waals surface area contributed by atoms with E-state index in [2.05, 4.69) is 14.7 Å². The van der Waals surface area contributed by atoms with Gasteiger partial charge in [-0.2, -0.15) is 0 Å². The van der Waals surface area contributed by atoms with Gasteiger partial charge in [-0.15, -0.1) is 0 Å². The van der Waals surface area contributed by atoms with Gasteiger partial charge in [0.1, 0.15) is 5.82 Å². The average molecular weight is 285 g/mol. The smallest absolute Gasteiger partial charge is 0.257 e. The summed E-state index contributed by atoms with van der Waals surface area (Å²) in [4.78, 5) is 6.90. The molecule has 1 aliphatic carbocycles. The van der Waals surface area contributed by atoms with Crippen molar-refractivity contribution in [3.8, 4) is 0 Å². The second kappa shape index (κ2) is 6.05. The molecule has 0 radical (unpaired) electrons. The molecule has 6 heteroatoms. The zero-order chi connectivity index (χ0) is 13.9. The van der Waals surface area contributed by atoms with Crippen LogP contribution in [0, 0.1) is 5.92 Å². The van der Waals surface area contributed by atoms with Gasteiger partial charge in [0.2, 0.25) is 0 Å². The molecule has 0 bridgehead atoms. The fourth-order valence-electron chi connectivity index (χ4n) is 2.70. The van der Waals surface area contributed by atoms with Gasteiger partial charge in [-0.25, -0.2) is 18.1 Å². The van der Waals surface area contributed by atoms with E-state index in [-0.39, 0.29) is 11.1 Å². The van der Waals surface area contributed by atoms with E-state index in [1.54, 1.807) is 0 Å². The summed E-state index contributed by atoms with van der Waals surface area (Å²) in [5, 5.41) is 0.173. The van der Waals surface area contributed by atoms with Crippen molar-refractivity contribution in [1.82, 2.24) is 14.7 Å². The van der Waals surface area contributed by atoms with Crippen LogP contribution >= 0.6 is 0 Å². The summed E-state index contributed by atoms with van der Waals surface area (Å²) in [6.45, 7) is 3.90. The molecule has 1 heterocycles. The zero-order valence-corrected chi connectivity index (χ0v) is 12.5. The number of imidazole rings is 1. The van der Waals surface area contributed by atoms with Crippen LogP contribution in [-0.4, -0.2) is 24.4 Å². The zero-order valence-electron chi connectivity index (χ0n) is 11.6. The second-order valence-corrected chi connectivity index (χ2v) is 7.04. The van der Waals surface area contributed by atoms with Gasteiger partial charge in [0, 0.05) is 12.5 Å². The quantitative estimate of drug-likeness (QED) is 0.871. The number of aromatic amines is 1. The topological polar surface area (TPSA) is 74.8 Å². The van der Waals surface area contributed by atoms with Gasteiger partial charge in [0.15, 0.2) is 5.03 Å². The lowest BCUT2D eigenvalue weighted by Gasteiger charge is -2.27. The van der Waals surface area contributed by atoms with Crippen LogP contribution in [0.4, 0.5) is 0 Å². The minimum atomic E-state index is -3.47. The molecule has 19 heavy (non-hydrogen) atoms. The monoisotopic (exact) mass is 285 g/mol. The maximum absolute atomic E-state index is 12.2. The van der Waals surface area contributed by atoms with Crippen LogP contribution in [0.3, 0.4) is 0 Å². The molecule has 1 aromatic rings. The van der Waals surface area contributed by atoms with Crippen LogP contribution in [-0.2, 0) is 16.4 Å². The highest BCUT2D eigenvalue weighted by Crippen LogP contribution is 2.27. The minimum absolute atomic E-state index is 0.0151. The Bertz CT molecular complexity index is 504. The van der Waals surface area contributed by atoms with E-state index in [4.69, 9.17) is 0 Å². The van der Waals surface area contributed by atoms with Crippen molar-refractivity contribution in [3.63, 3.8) is 0 Å². The van der Waals surface area contributed by atoms with E-state index in [1.807, 2.05) is 13.8 Å². The summed E-state index contributed by atoms with van der Waals surface area (Å²) in [7, 11) is -3.47. The number of sulfonamides is 1. The Morgan fingerprint density at radius 3 is 2.68 bits per heavy atom. The predicted octanol–water partition coefficient (Wildman–Crippen LogP) is 2.22. The Balaban J connectivity index is 2.03. The third-order valence-corrected chi connectivity index (χ3v) is 5.40. The number of hydrogen-bond donors (Lipinski definition) is 2. The lowest BCUT2D eigenvalue weighted by atomic mass is 9.85. The van der Waals surface area contributed by atoms with Crippen molar-refractivity contribution >= 4 is 10.0 Å². The van der Waals surface area contributed by atoms with Crippen molar-refractivity contribution in [2.24, 2.45) is 5.92 Å². The Kier molecular flexibility index (Phi) is 4.62. The predicted molar refractivity (Wildman–Crippen MR) is 74.3 cm³/mol. The SMILES string of the molecule is CCc1ncc(S(=O)(=O)NC(C)C2CCCCC2)[nH]1. The van der Waals surface area contributed by atoms with E-state index in [1.165, 1.54) is 25.5 Å². The van der Waals surface area contributed by atoms with Crippen LogP contribution in [0.25, 0.3) is 0 Å². The molecule has 0 saturated heterocycles. The molecule has 1 atom stereocenters. The van der Waals surface area contributed by atoms with Gasteiger partial charge in [0.05, 0.1) is 6.20 Å². The van der Waals surface area contributed by atoms with Gasteiger partial charge in [-0.05, 0) is 25.7 Å². The molecule has 1 aliphatic rings. The molecule has 5 nitrogen and oxygen atoms in total. The third kappa shape index (κ3) is 3.57. The number of H-pyrrole nitrogens is 1. The van der Waals surface area contributed by atoms with Gasteiger partial charge >= 0.3 is 0 Å². The summed E-state index contributed by atoms with van der Waals surface area (Å²) >= 11 is 0. The minimum Gasteiger partial charge on any atom is -0.332 e. The van der Waals surface area contributed by atoms with Gasteiger partial charge in [-0.3, -0.25) is 0 Å². The lowest BCUT2D eigenvalue weighted by molar-refractivity contribution is 0.303. The van der Waals surface area contributed by atoms with Crippen molar-refractivity contribution in [2.45, 2.75) is 63.4 Å². The number of rotatable bonds is 5. The molecule has 1 aromatic heterocycles. The molecule has 1 unspecified atom stereocenters. The number of aryl methyl sites for hydroxylation is 1. The van der Waals surface area contributed by atoms with Gasteiger partial charge in [-0.1, -0.05) is 26.2 Å². The first-order valence-corrected chi connectivity index (χ1v) is 8.57. The van der Waals surface area contributed by atoms with Crippen molar-refractivity contribution in [2.75, 3.05) is 0 Å². The highest BCUT2D eigenvalue weighted by atomic mass is 32.2. The molecule has 1 saturated carbocycles. The fraction of sp³-hybridized carbons (Fsp3) is 0.769. The van der Waals surface area contributed by atoms with Gasteiger partial charge < -0.3 is 4.98 Å². The number of hydrogen-bond acceptors (Lipinski definition) is 3. The fourth-order valence-corrected chi connectivity index (χ4v) is 3.95. The molecular formula is C13H23N3O2S. The van der Waals surface area contributed by atoms with Crippen LogP contribution in [0.5, 0.6) is 0 Å². The maximum Gasteiger partial charge on any atom is 0.257 e. The lowest BCUT2D eigenvalue weighted by Crippen LogP contribution is -2.38. The third-order valence-electron chi connectivity index (χ3n) is 3.93. The summed E-state index contributed by atoms with van der Waals surface area (Å²) in [5.41, 5.74) is 0. The molecule has 2 rings (SSSR count). The first-order valence-electron chi connectivity index (χ1n) is 7.09. The van der Waals surface area contributed by atoms with E-state index in [0.717, 1.165) is 12.8 Å². The molecule has 0 spiro atoms. The van der Waals surface area contributed by atoms with Crippen molar-refractivity contribution < 1.29 is 8.42 Å². The van der Waals surface area contributed by atoms with Crippen molar-refractivity contribution in [3.05, 3.63) is 12.0 Å². The number of aromatic nitrogens is 2. The first-order chi connectivity index (χ1) is 9.03. The molecular weight excluding hydrogens is 262 g/mol. The number of nitrogens with one attached hydrogen (secondary N) is 2. The molecule has 0 aliphatic heterocycles. The van der Waals surface area contributed by atoms with Crippen LogP contribution in [0.15, 0.2) is 11.2 Å². The summed E-state index contributed by atoms with van der Waals surface area (Å²) in [6, 6.07) is -0.0151. The largest absolute Gasteiger partial charge is 0.332 e. The highest BCUT2D eigenvalue weighted by molar-refractivity contribution is 7.89. The maximum atomic E-state index is 12.2. The summed E-state index contributed by atoms with van der Waals surface area (Å²) in [5.74, 6) is 1.16. The second-order valence-electron chi connectivity index (χ2n) is 5.36. The Morgan fingerprint density at radius 1 is 1.42 bits per heavy atom. The number of nitrogens with zero attached hydrogens (tertiary/aromatic N) is 1. The molecule has 0 aromatic carbocycles. The Hall–Kier alpha value is -0.880. The molecule has 108 valence electrons. The molecule has 1 fully saturated rings. The van der Waals surface area contributed by atoms with Crippen LogP contribution in [0.2, 0.25) is 0 Å². The standard InChI is InChI=1S/C13H23N3O2S/c1-3-12-14-9-13(15-12)19(17,18)16-10(2)11-7-5-4-6-8-11/h9-11,16H,3-8H2,1-2H3,(H,14,15). The van der Waals surface area contributed by atoms with E-state index < -0.39 is 10.0 Å².